The summed E-state index contributed by atoms with van der Waals surface area (Å²) in [6, 6.07) is 6.55. The van der Waals surface area contributed by atoms with Gasteiger partial charge in [-0.25, -0.2) is 0 Å². The minimum atomic E-state index is 0. The number of hydrogen-bond donors (Lipinski definition) is 2. The van der Waals surface area contributed by atoms with E-state index in [1.807, 2.05) is 24.4 Å². The Hall–Kier alpha value is -1.76. The maximum Gasteiger partial charge on any atom is 0.231 e. The molecule has 2 aliphatic rings. The Balaban J connectivity index is 0.00000156. The number of nitrogens with zero attached hydrogens (tertiary/aromatic N) is 2. The van der Waals surface area contributed by atoms with E-state index in [0.717, 1.165) is 48.9 Å². The molecule has 0 bridgehead atoms. The van der Waals surface area contributed by atoms with Crippen molar-refractivity contribution in [3.63, 3.8) is 0 Å². The lowest BCUT2D eigenvalue weighted by Crippen LogP contribution is -2.48. The van der Waals surface area contributed by atoms with Crippen LogP contribution in [0.1, 0.15) is 12.5 Å². The summed E-state index contributed by atoms with van der Waals surface area (Å²) in [5.41, 5.74) is 3.36. The Bertz CT molecular complexity index is 676. The molecule has 0 amide bonds. The van der Waals surface area contributed by atoms with Gasteiger partial charge in [0.05, 0.1) is 11.9 Å². The summed E-state index contributed by atoms with van der Waals surface area (Å²) in [5.74, 6) is 1.61. The van der Waals surface area contributed by atoms with E-state index < -0.39 is 0 Å². The molecule has 1 atom stereocenters. The third kappa shape index (κ3) is 3.29. The summed E-state index contributed by atoms with van der Waals surface area (Å²) in [7, 11) is 0. The van der Waals surface area contributed by atoms with Crippen molar-refractivity contribution in [2.24, 2.45) is 0 Å². The van der Waals surface area contributed by atoms with Crippen molar-refractivity contribution in [2.45, 2.75) is 19.5 Å². The molecule has 0 aliphatic carbocycles. The van der Waals surface area contributed by atoms with E-state index in [2.05, 4.69) is 27.3 Å². The standard InChI is InChI=1S/C16H20N4O2.ClH/c1-11-8-20(5-4-17-11)9-13-7-18-19-16(13)12-2-3-14-15(6-12)22-10-21-14;/h2-3,6-7,11,17H,4-5,8-10H2,1H3,(H,18,19);1H/t11-;/m0./s1. The van der Waals surface area contributed by atoms with E-state index in [4.69, 9.17) is 9.47 Å². The Morgan fingerprint density at radius 1 is 1.30 bits per heavy atom. The van der Waals surface area contributed by atoms with Crippen LogP contribution in [-0.4, -0.2) is 47.6 Å². The van der Waals surface area contributed by atoms with E-state index in [1.165, 1.54) is 5.56 Å². The highest BCUT2D eigenvalue weighted by atomic mass is 35.5. The second-order valence-electron chi connectivity index (χ2n) is 5.93. The Morgan fingerprint density at radius 3 is 3.04 bits per heavy atom. The van der Waals surface area contributed by atoms with Gasteiger partial charge in [-0.15, -0.1) is 12.4 Å². The van der Waals surface area contributed by atoms with Crippen LogP contribution in [0.25, 0.3) is 11.3 Å². The molecule has 0 saturated carbocycles. The Kier molecular flexibility index (Phi) is 4.75. The second kappa shape index (κ2) is 6.78. The van der Waals surface area contributed by atoms with E-state index >= 15 is 0 Å². The normalized spacial score (nSPS) is 20.3. The molecule has 2 aromatic rings. The maximum absolute atomic E-state index is 5.47. The second-order valence-corrected chi connectivity index (χ2v) is 5.93. The molecule has 1 aromatic carbocycles. The van der Waals surface area contributed by atoms with Gasteiger partial charge >= 0.3 is 0 Å². The van der Waals surface area contributed by atoms with Crippen LogP contribution in [-0.2, 0) is 6.54 Å². The summed E-state index contributed by atoms with van der Waals surface area (Å²) >= 11 is 0. The average Bonchev–Trinajstić information content (AvgIpc) is 3.15. The van der Waals surface area contributed by atoms with Crippen LogP contribution in [0.4, 0.5) is 0 Å². The third-order valence-electron chi connectivity index (χ3n) is 4.23. The zero-order valence-corrected chi connectivity index (χ0v) is 13.9. The number of halogens is 1. The van der Waals surface area contributed by atoms with Crippen molar-refractivity contribution in [1.29, 1.82) is 0 Å². The molecule has 6 nitrogen and oxygen atoms in total. The lowest BCUT2D eigenvalue weighted by Gasteiger charge is -2.31. The number of hydrogen-bond acceptors (Lipinski definition) is 5. The summed E-state index contributed by atoms with van der Waals surface area (Å²) in [5, 5.41) is 10.8. The van der Waals surface area contributed by atoms with Crippen LogP contribution in [0.2, 0.25) is 0 Å². The molecule has 3 heterocycles. The van der Waals surface area contributed by atoms with Gasteiger partial charge in [-0.3, -0.25) is 10.00 Å². The summed E-state index contributed by atoms with van der Waals surface area (Å²) < 4.78 is 10.8. The molecule has 0 spiro atoms. The van der Waals surface area contributed by atoms with Crippen molar-refractivity contribution >= 4 is 12.4 Å². The molecule has 2 aliphatic heterocycles. The molecule has 1 aromatic heterocycles. The van der Waals surface area contributed by atoms with Crippen LogP contribution in [0.3, 0.4) is 0 Å². The molecule has 23 heavy (non-hydrogen) atoms. The van der Waals surface area contributed by atoms with Gasteiger partial charge in [0.1, 0.15) is 0 Å². The van der Waals surface area contributed by atoms with Gasteiger partial charge in [0.25, 0.3) is 0 Å². The van der Waals surface area contributed by atoms with Crippen molar-refractivity contribution in [2.75, 3.05) is 26.4 Å². The first-order valence-electron chi connectivity index (χ1n) is 7.67. The topological polar surface area (TPSA) is 62.4 Å². The first kappa shape index (κ1) is 16.1. The number of piperazine rings is 1. The van der Waals surface area contributed by atoms with Gasteiger partial charge in [-0.1, -0.05) is 0 Å². The van der Waals surface area contributed by atoms with Crippen molar-refractivity contribution < 1.29 is 9.47 Å². The van der Waals surface area contributed by atoms with Gasteiger partial charge in [0, 0.05) is 43.3 Å². The van der Waals surface area contributed by atoms with E-state index in [0.29, 0.717) is 12.8 Å². The van der Waals surface area contributed by atoms with Gasteiger partial charge in [-0.2, -0.15) is 5.10 Å². The van der Waals surface area contributed by atoms with E-state index in [1.54, 1.807) is 0 Å². The zero-order chi connectivity index (χ0) is 14.9. The number of fused-ring (bicyclic) bond motifs is 1. The largest absolute Gasteiger partial charge is 0.454 e. The fourth-order valence-corrected chi connectivity index (χ4v) is 3.13. The highest BCUT2D eigenvalue weighted by molar-refractivity contribution is 5.85. The van der Waals surface area contributed by atoms with Crippen LogP contribution in [0.5, 0.6) is 11.5 Å². The highest BCUT2D eigenvalue weighted by Crippen LogP contribution is 2.36. The molecule has 0 radical (unpaired) electrons. The molecule has 4 rings (SSSR count). The van der Waals surface area contributed by atoms with Crippen LogP contribution in [0, 0.1) is 0 Å². The Labute approximate surface area is 141 Å². The summed E-state index contributed by atoms with van der Waals surface area (Å²) in [6.07, 6.45) is 1.92. The number of nitrogens with one attached hydrogen (secondary N) is 2. The van der Waals surface area contributed by atoms with Crippen molar-refractivity contribution in [3.05, 3.63) is 30.0 Å². The fraction of sp³-hybridized carbons (Fsp3) is 0.438. The molecular weight excluding hydrogens is 316 g/mol. The first-order chi connectivity index (χ1) is 10.8. The summed E-state index contributed by atoms with van der Waals surface area (Å²) in [4.78, 5) is 2.46. The number of benzene rings is 1. The fourth-order valence-electron chi connectivity index (χ4n) is 3.13. The smallest absolute Gasteiger partial charge is 0.231 e. The number of aromatic nitrogens is 2. The molecule has 2 N–H and O–H groups in total. The Morgan fingerprint density at radius 2 is 2.17 bits per heavy atom. The predicted octanol–water partition coefficient (Wildman–Crippen LogP) is 2.02. The molecule has 1 fully saturated rings. The maximum atomic E-state index is 5.47. The number of ether oxygens (including phenoxy) is 2. The molecule has 0 unspecified atom stereocenters. The van der Waals surface area contributed by atoms with Gasteiger partial charge in [-0.05, 0) is 25.1 Å². The van der Waals surface area contributed by atoms with E-state index in [-0.39, 0.29) is 12.4 Å². The zero-order valence-electron chi connectivity index (χ0n) is 13.0. The molecular formula is C16H21ClN4O2. The van der Waals surface area contributed by atoms with Gasteiger partial charge < -0.3 is 14.8 Å². The lowest BCUT2D eigenvalue weighted by molar-refractivity contribution is 0.174. The number of H-pyrrole nitrogens is 1. The van der Waals surface area contributed by atoms with E-state index in [9.17, 15) is 0 Å². The monoisotopic (exact) mass is 336 g/mol. The minimum Gasteiger partial charge on any atom is -0.454 e. The average molecular weight is 337 g/mol. The van der Waals surface area contributed by atoms with Crippen molar-refractivity contribution in [3.8, 4) is 22.8 Å². The first-order valence-corrected chi connectivity index (χ1v) is 7.67. The predicted molar refractivity (Wildman–Crippen MR) is 90.1 cm³/mol. The SMILES string of the molecule is C[C@H]1CN(Cc2cn[nH]c2-c2ccc3c(c2)OCO3)CCN1.Cl. The molecule has 1 saturated heterocycles. The number of rotatable bonds is 3. The van der Waals surface area contributed by atoms with Crippen LogP contribution >= 0.6 is 12.4 Å². The summed E-state index contributed by atoms with van der Waals surface area (Å²) in [6.45, 7) is 6.60. The van der Waals surface area contributed by atoms with Crippen LogP contribution in [0.15, 0.2) is 24.4 Å². The minimum absolute atomic E-state index is 0. The highest BCUT2D eigenvalue weighted by Gasteiger charge is 2.19. The van der Waals surface area contributed by atoms with Crippen molar-refractivity contribution in [1.82, 2.24) is 20.4 Å². The third-order valence-corrected chi connectivity index (χ3v) is 4.23. The van der Waals surface area contributed by atoms with Gasteiger partial charge in [0.15, 0.2) is 11.5 Å². The quantitative estimate of drug-likeness (QED) is 0.898. The van der Waals surface area contributed by atoms with Crippen LogP contribution < -0.4 is 14.8 Å². The molecule has 124 valence electrons. The molecule has 7 heteroatoms. The lowest BCUT2D eigenvalue weighted by atomic mass is 10.1. The number of aromatic amines is 1. The van der Waals surface area contributed by atoms with Gasteiger partial charge in [0.2, 0.25) is 6.79 Å².